The average molecular weight is 361 g/mol. The van der Waals surface area contributed by atoms with Gasteiger partial charge in [-0.25, -0.2) is 21.6 Å². The maximum Gasteiger partial charge on any atom is 0.242 e. The maximum absolute atomic E-state index is 12.1. The van der Waals surface area contributed by atoms with Gasteiger partial charge in [-0.2, -0.15) is 0 Å². The van der Waals surface area contributed by atoms with Crippen molar-refractivity contribution in [3.8, 4) is 0 Å². The molecule has 3 N–H and O–H groups in total. The molecule has 0 saturated heterocycles. The van der Waals surface area contributed by atoms with E-state index in [0.29, 0.717) is 0 Å². The summed E-state index contributed by atoms with van der Waals surface area (Å²) in [6, 6.07) is 1.71. The zero-order valence-electron chi connectivity index (χ0n) is 10.7. The van der Waals surface area contributed by atoms with Gasteiger partial charge in [0.25, 0.3) is 0 Å². The Morgan fingerprint density at radius 1 is 1.25 bits per heavy atom. The lowest BCUT2D eigenvalue weighted by Crippen LogP contribution is -2.37. The molecule has 0 aliphatic rings. The third kappa shape index (κ3) is 4.49. The summed E-state index contributed by atoms with van der Waals surface area (Å²) in [5.41, 5.74) is 5.51. The smallest absolute Gasteiger partial charge is 0.242 e. The van der Waals surface area contributed by atoms with Crippen molar-refractivity contribution in [2.24, 2.45) is 0 Å². The molecule has 0 aliphatic carbocycles. The zero-order chi connectivity index (χ0) is 15.7. The van der Waals surface area contributed by atoms with E-state index in [2.05, 4.69) is 4.72 Å². The number of hydrogen-bond acceptors (Lipinski definition) is 5. The maximum atomic E-state index is 12.1. The Bertz CT molecular complexity index is 717. The van der Waals surface area contributed by atoms with E-state index in [1.165, 1.54) is 19.1 Å². The lowest BCUT2D eigenvalue weighted by Gasteiger charge is -2.15. The van der Waals surface area contributed by atoms with E-state index >= 15 is 0 Å². The molecule has 20 heavy (non-hydrogen) atoms. The Labute approximate surface area is 128 Å². The second-order valence-electron chi connectivity index (χ2n) is 4.39. The molecule has 1 unspecified atom stereocenters. The van der Waals surface area contributed by atoms with Crippen molar-refractivity contribution in [3.63, 3.8) is 0 Å². The topological polar surface area (TPSA) is 106 Å². The number of halogens is 2. The molecule has 1 aromatic rings. The van der Waals surface area contributed by atoms with E-state index in [1.807, 2.05) is 0 Å². The van der Waals surface area contributed by atoms with Crippen molar-refractivity contribution in [1.29, 1.82) is 0 Å². The molecule has 114 valence electrons. The first kappa shape index (κ1) is 17.5. The first-order valence-corrected chi connectivity index (χ1v) is 9.67. The van der Waals surface area contributed by atoms with Crippen molar-refractivity contribution < 1.29 is 16.8 Å². The molecule has 0 fully saturated rings. The molecule has 0 radical (unpaired) electrons. The largest absolute Gasteiger partial charge is 0.396 e. The number of sulfonamides is 1. The van der Waals surface area contributed by atoms with Crippen LogP contribution >= 0.6 is 23.2 Å². The number of benzene rings is 1. The van der Waals surface area contributed by atoms with Crippen LogP contribution in [0.15, 0.2) is 17.0 Å². The molecule has 10 heteroatoms. The number of rotatable bonds is 5. The fraction of sp³-hybridized carbons (Fsp3) is 0.400. The first-order valence-electron chi connectivity index (χ1n) is 5.37. The normalized spacial score (nSPS) is 14.2. The molecular weight excluding hydrogens is 347 g/mol. The molecule has 0 amide bonds. The lowest BCUT2D eigenvalue weighted by molar-refractivity contribution is 0.564. The van der Waals surface area contributed by atoms with Gasteiger partial charge in [0.1, 0.15) is 14.7 Å². The third-order valence-corrected chi connectivity index (χ3v) is 5.88. The van der Waals surface area contributed by atoms with E-state index in [9.17, 15) is 16.8 Å². The Morgan fingerprint density at radius 2 is 1.80 bits per heavy atom. The summed E-state index contributed by atoms with van der Waals surface area (Å²) in [7, 11) is -7.30. The molecule has 1 aromatic carbocycles. The van der Waals surface area contributed by atoms with Crippen LogP contribution in [0.4, 0.5) is 5.69 Å². The Kier molecular flexibility index (Phi) is 5.31. The van der Waals surface area contributed by atoms with Crippen LogP contribution in [0.5, 0.6) is 0 Å². The van der Waals surface area contributed by atoms with E-state index in [4.69, 9.17) is 28.9 Å². The number of hydrogen-bond donors (Lipinski definition) is 2. The fourth-order valence-corrected chi connectivity index (χ4v) is 4.68. The van der Waals surface area contributed by atoms with Crippen LogP contribution in [0.1, 0.15) is 6.92 Å². The van der Waals surface area contributed by atoms with Gasteiger partial charge >= 0.3 is 0 Å². The Morgan fingerprint density at radius 3 is 2.30 bits per heavy atom. The molecule has 0 aromatic heterocycles. The van der Waals surface area contributed by atoms with Crippen LogP contribution in [0.25, 0.3) is 0 Å². The van der Waals surface area contributed by atoms with Crippen molar-refractivity contribution in [1.82, 2.24) is 4.72 Å². The van der Waals surface area contributed by atoms with Gasteiger partial charge in [0.05, 0.1) is 21.5 Å². The summed E-state index contributed by atoms with van der Waals surface area (Å²) in [5.74, 6) is -0.326. The summed E-state index contributed by atoms with van der Waals surface area (Å²) in [4.78, 5) is -0.249. The summed E-state index contributed by atoms with van der Waals surface area (Å²) < 4.78 is 48.7. The molecule has 1 rings (SSSR count). The van der Waals surface area contributed by atoms with Crippen molar-refractivity contribution in [2.75, 3.05) is 17.7 Å². The van der Waals surface area contributed by atoms with Gasteiger partial charge < -0.3 is 5.73 Å². The van der Waals surface area contributed by atoms with Crippen LogP contribution in [0.3, 0.4) is 0 Å². The summed E-state index contributed by atoms with van der Waals surface area (Å²) in [5, 5.41) is -0.0605. The molecular formula is C10H14Cl2N2O4S2. The Balaban J connectivity index is 3.10. The van der Waals surface area contributed by atoms with Crippen LogP contribution in [0, 0.1) is 0 Å². The van der Waals surface area contributed by atoms with Crippen molar-refractivity contribution in [2.45, 2.75) is 17.9 Å². The molecule has 0 bridgehead atoms. The SMILES string of the molecule is CC(CS(C)(=O)=O)NS(=O)(=O)c1ccc(Cl)c(N)c1Cl. The van der Waals surface area contributed by atoms with Gasteiger partial charge in [-0.15, -0.1) is 0 Å². The van der Waals surface area contributed by atoms with E-state index in [0.717, 1.165) is 6.26 Å². The van der Waals surface area contributed by atoms with Gasteiger partial charge in [-0.1, -0.05) is 23.2 Å². The highest BCUT2D eigenvalue weighted by Crippen LogP contribution is 2.33. The van der Waals surface area contributed by atoms with Gasteiger partial charge in [0, 0.05) is 12.3 Å². The molecule has 0 saturated carbocycles. The van der Waals surface area contributed by atoms with Crippen molar-refractivity contribution in [3.05, 3.63) is 22.2 Å². The van der Waals surface area contributed by atoms with Crippen LogP contribution in [0.2, 0.25) is 10.0 Å². The van der Waals surface area contributed by atoms with E-state index in [1.54, 1.807) is 0 Å². The predicted molar refractivity (Wildman–Crippen MR) is 80.4 cm³/mol. The first-order chi connectivity index (χ1) is 8.94. The van der Waals surface area contributed by atoms with Crippen LogP contribution < -0.4 is 10.5 Å². The third-order valence-electron chi connectivity index (χ3n) is 2.29. The highest BCUT2D eigenvalue weighted by molar-refractivity contribution is 7.91. The van der Waals surface area contributed by atoms with Gasteiger partial charge in [0.15, 0.2) is 0 Å². The molecule has 0 heterocycles. The van der Waals surface area contributed by atoms with Gasteiger partial charge in [-0.3, -0.25) is 0 Å². The minimum absolute atomic E-state index is 0.0491. The standard InChI is InChI=1S/C10H14Cl2N2O4S2/c1-6(5-19(2,15)16)14-20(17,18)8-4-3-7(11)10(13)9(8)12/h3-4,6,14H,5,13H2,1-2H3. The second kappa shape index (κ2) is 6.07. The number of anilines is 1. The monoisotopic (exact) mass is 360 g/mol. The number of nitrogens with two attached hydrogens (primary N) is 1. The fourth-order valence-electron chi connectivity index (χ4n) is 1.57. The minimum atomic E-state index is -3.99. The molecule has 6 nitrogen and oxygen atoms in total. The summed E-state index contributed by atoms with van der Waals surface area (Å²) in [6.07, 6.45) is 1.02. The van der Waals surface area contributed by atoms with Crippen LogP contribution in [-0.2, 0) is 19.9 Å². The number of nitrogen functional groups attached to an aromatic ring is 1. The van der Waals surface area contributed by atoms with Crippen molar-refractivity contribution >= 4 is 48.7 Å². The van der Waals surface area contributed by atoms with Gasteiger partial charge in [0.2, 0.25) is 10.0 Å². The number of nitrogens with one attached hydrogen (secondary N) is 1. The highest BCUT2D eigenvalue weighted by atomic mass is 35.5. The quantitative estimate of drug-likeness (QED) is 0.769. The van der Waals surface area contributed by atoms with Gasteiger partial charge in [-0.05, 0) is 19.1 Å². The number of sulfone groups is 1. The lowest BCUT2D eigenvalue weighted by atomic mass is 10.3. The predicted octanol–water partition coefficient (Wildman–Crippen LogP) is 1.29. The van der Waals surface area contributed by atoms with E-state index < -0.39 is 25.9 Å². The summed E-state index contributed by atoms with van der Waals surface area (Å²) in [6.45, 7) is 1.44. The molecule has 0 spiro atoms. The molecule has 0 aliphatic heterocycles. The Hall–Kier alpha value is -0.540. The minimum Gasteiger partial charge on any atom is -0.396 e. The van der Waals surface area contributed by atoms with Crippen LogP contribution in [-0.4, -0.2) is 34.9 Å². The van der Waals surface area contributed by atoms with E-state index in [-0.39, 0.29) is 26.4 Å². The highest BCUT2D eigenvalue weighted by Gasteiger charge is 2.24. The molecule has 1 atom stereocenters. The second-order valence-corrected chi connectivity index (χ2v) is 9.04. The average Bonchev–Trinajstić information content (AvgIpc) is 2.21. The summed E-state index contributed by atoms with van der Waals surface area (Å²) >= 11 is 11.6. The zero-order valence-corrected chi connectivity index (χ0v) is 13.9.